The van der Waals surface area contributed by atoms with Crippen LogP contribution in [0.4, 0.5) is 11.6 Å². The molecule has 9 heteroatoms. The summed E-state index contributed by atoms with van der Waals surface area (Å²) < 4.78 is 5.61. The van der Waals surface area contributed by atoms with E-state index in [9.17, 15) is 4.79 Å². The zero-order valence-electron chi connectivity index (χ0n) is 22.0. The lowest BCUT2D eigenvalue weighted by Gasteiger charge is -2.29. The molecule has 0 atom stereocenters. The van der Waals surface area contributed by atoms with Crippen molar-refractivity contribution >= 4 is 28.8 Å². The molecule has 3 aliphatic rings. The molecule has 2 heterocycles. The number of hydrogen-bond donors (Lipinski definition) is 4. The maximum absolute atomic E-state index is 12.9. The maximum Gasteiger partial charge on any atom is 0.251 e. The molecule has 2 aromatic rings. The Labute approximate surface area is 218 Å². The monoisotopic (exact) mass is 503 g/mol. The summed E-state index contributed by atoms with van der Waals surface area (Å²) in [5.74, 6) is 1.39. The number of benzene rings is 1. The highest BCUT2D eigenvalue weighted by atomic mass is 16.5. The highest BCUT2D eigenvalue weighted by Crippen LogP contribution is 2.41. The lowest BCUT2D eigenvalue weighted by molar-refractivity contribution is 0.0916. The number of likely N-dealkylation sites (tertiary alicyclic amines) is 1. The average molecular weight is 504 g/mol. The second-order valence-corrected chi connectivity index (χ2v) is 10.2. The molecule has 4 N–H and O–H groups in total. The standard InChI is InChI=1S/C28H37N7O2/c1-4-30-25(17-5-6-17)24-21(29)9-7-19-16-31-28(34-26(19)24)33-22-10-8-18(15-23(22)37-3)27(36)32-20-11-13-35(2)14-12-20/h8,10,15-17,20,29-30H,4-7,9,11-14H2,1-3H3,(H,32,36)(H,31,33,34)/b25-24+,29-21?. The lowest BCUT2D eigenvalue weighted by Crippen LogP contribution is -2.43. The Morgan fingerprint density at radius 1 is 1.19 bits per heavy atom. The van der Waals surface area contributed by atoms with Gasteiger partial charge in [0, 0.05) is 41.3 Å². The Kier molecular flexibility index (Phi) is 7.41. The number of aromatic nitrogens is 2. The molecule has 1 aliphatic heterocycles. The van der Waals surface area contributed by atoms with E-state index >= 15 is 0 Å². The summed E-state index contributed by atoms with van der Waals surface area (Å²) in [5, 5.41) is 18.6. The van der Waals surface area contributed by atoms with E-state index in [-0.39, 0.29) is 11.9 Å². The molecule has 1 aromatic heterocycles. The van der Waals surface area contributed by atoms with Crippen molar-refractivity contribution in [1.82, 2.24) is 25.5 Å². The van der Waals surface area contributed by atoms with Crippen LogP contribution >= 0.6 is 0 Å². The van der Waals surface area contributed by atoms with Crippen LogP contribution in [0.3, 0.4) is 0 Å². The molecular formula is C28H37N7O2. The fourth-order valence-corrected chi connectivity index (χ4v) is 5.16. The fourth-order valence-electron chi connectivity index (χ4n) is 5.16. The molecule has 0 bridgehead atoms. The predicted molar refractivity (Wildman–Crippen MR) is 146 cm³/mol. The molecule has 0 spiro atoms. The van der Waals surface area contributed by atoms with E-state index in [1.54, 1.807) is 19.2 Å². The molecule has 2 fully saturated rings. The number of aryl methyl sites for hydroxylation is 1. The van der Waals surface area contributed by atoms with Gasteiger partial charge in [0.15, 0.2) is 0 Å². The van der Waals surface area contributed by atoms with Gasteiger partial charge in [-0.2, -0.15) is 0 Å². The van der Waals surface area contributed by atoms with Crippen molar-refractivity contribution in [3.63, 3.8) is 0 Å². The number of nitrogens with zero attached hydrogens (tertiary/aromatic N) is 3. The number of anilines is 2. The second-order valence-electron chi connectivity index (χ2n) is 10.2. The van der Waals surface area contributed by atoms with Gasteiger partial charge in [-0.15, -0.1) is 0 Å². The first-order valence-corrected chi connectivity index (χ1v) is 13.3. The third kappa shape index (κ3) is 5.61. The molecule has 2 aliphatic carbocycles. The molecule has 1 saturated carbocycles. The first-order valence-electron chi connectivity index (χ1n) is 13.3. The zero-order chi connectivity index (χ0) is 25.9. The van der Waals surface area contributed by atoms with E-state index in [1.165, 1.54) is 0 Å². The van der Waals surface area contributed by atoms with Gasteiger partial charge in [0.25, 0.3) is 5.91 Å². The number of hydrogen-bond acceptors (Lipinski definition) is 8. The van der Waals surface area contributed by atoms with Crippen LogP contribution in [-0.4, -0.2) is 66.3 Å². The van der Waals surface area contributed by atoms with Crippen LogP contribution in [0.25, 0.3) is 5.57 Å². The molecular weight excluding hydrogens is 466 g/mol. The predicted octanol–water partition coefficient (Wildman–Crippen LogP) is 3.75. The quantitative estimate of drug-likeness (QED) is 0.434. The number of carbonyl (C=O) groups is 1. The molecule has 1 saturated heterocycles. The third-order valence-electron chi connectivity index (χ3n) is 7.43. The van der Waals surface area contributed by atoms with Crippen LogP contribution in [0.15, 0.2) is 30.1 Å². The number of rotatable bonds is 8. The summed E-state index contributed by atoms with van der Waals surface area (Å²) in [6, 6.07) is 5.58. The molecule has 1 amide bonds. The van der Waals surface area contributed by atoms with E-state index < -0.39 is 0 Å². The highest BCUT2D eigenvalue weighted by molar-refractivity contribution is 6.24. The Bertz CT molecular complexity index is 1210. The minimum absolute atomic E-state index is 0.0891. The number of amides is 1. The largest absolute Gasteiger partial charge is 0.495 e. The van der Waals surface area contributed by atoms with Gasteiger partial charge in [-0.25, -0.2) is 9.97 Å². The van der Waals surface area contributed by atoms with Gasteiger partial charge in [0.05, 0.1) is 18.5 Å². The summed E-state index contributed by atoms with van der Waals surface area (Å²) in [4.78, 5) is 24.6. The van der Waals surface area contributed by atoms with Crippen LogP contribution in [-0.2, 0) is 6.42 Å². The lowest BCUT2D eigenvalue weighted by atomic mass is 9.88. The van der Waals surface area contributed by atoms with Gasteiger partial charge in [-0.05, 0) is 95.3 Å². The normalized spacial score (nSPS) is 19.7. The topological polar surface area (TPSA) is 115 Å². The van der Waals surface area contributed by atoms with E-state index in [1.807, 2.05) is 12.3 Å². The average Bonchev–Trinajstić information content (AvgIpc) is 3.75. The van der Waals surface area contributed by atoms with Crippen LogP contribution < -0.4 is 20.7 Å². The van der Waals surface area contributed by atoms with Crippen molar-refractivity contribution < 1.29 is 9.53 Å². The van der Waals surface area contributed by atoms with Crippen molar-refractivity contribution in [3.8, 4) is 5.75 Å². The summed E-state index contributed by atoms with van der Waals surface area (Å²) in [6.07, 6.45) is 7.56. The van der Waals surface area contributed by atoms with E-state index in [0.717, 1.165) is 74.3 Å². The Balaban J connectivity index is 1.37. The molecule has 1 aromatic carbocycles. The highest BCUT2D eigenvalue weighted by Gasteiger charge is 2.33. The van der Waals surface area contributed by atoms with Gasteiger partial charge in [-0.1, -0.05) is 0 Å². The summed E-state index contributed by atoms with van der Waals surface area (Å²) in [7, 11) is 3.70. The van der Waals surface area contributed by atoms with Gasteiger partial charge >= 0.3 is 0 Å². The van der Waals surface area contributed by atoms with Crippen LogP contribution in [0.2, 0.25) is 0 Å². The van der Waals surface area contributed by atoms with Crippen molar-refractivity contribution in [1.29, 1.82) is 5.41 Å². The van der Waals surface area contributed by atoms with Crippen molar-refractivity contribution in [3.05, 3.63) is 46.9 Å². The fraction of sp³-hybridized carbons (Fsp3) is 0.500. The smallest absolute Gasteiger partial charge is 0.251 e. The van der Waals surface area contributed by atoms with Crippen molar-refractivity contribution in [2.45, 2.75) is 51.5 Å². The Morgan fingerprint density at radius 3 is 2.68 bits per heavy atom. The molecule has 5 rings (SSSR count). The molecule has 9 nitrogen and oxygen atoms in total. The van der Waals surface area contributed by atoms with Crippen molar-refractivity contribution in [2.24, 2.45) is 5.92 Å². The maximum atomic E-state index is 12.9. The van der Waals surface area contributed by atoms with Crippen LogP contribution in [0, 0.1) is 11.3 Å². The third-order valence-corrected chi connectivity index (χ3v) is 7.43. The summed E-state index contributed by atoms with van der Waals surface area (Å²) in [6.45, 7) is 4.89. The Hall–Kier alpha value is -3.46. The first-order chi connectivity index (χ1) is 18.0. The van der Waals surface area contributed by atoms with E-state index in [0.29, 0.717) is 41.0 Å². The molecule has 37 heavy (non-hydrogen) atoms. The van der Waals surface area contributed by atoms with Crippen LogP contribution in [0.5, 0.6) is 5.75 Å². The van der Waals surface area contributed by atoms with Crippen LogP contribution in [0.1, 0.15) is 60.6 Å². The van der Waals surface area contributed by atoms with Crippen molar-refractivity contribution in [2.75, 3.05) is 39.1 Å². The van der Waals surface area contributed by atoms with Gasteiger partial charge in [0.1, 0.15) is 5.75 Å². The second kappa shape index (κ2) is 10.9. The first kappa shape index (κ1) is 25.2. The van der Waals surface area contributed by atoms with E-state index in [4.69, 9.17) is 15.1 Å². The number of piperidine rings is 1. The number of ether oxygens (including phenoxy) is 1. The van der Waals surface area contributed by atoms with Gasteiger partial charge in [0.2, 0.25) is 5.95 Å². The number of carbonyl (C=O) groups excluding carboxylic acids is 1. The molecule has 0 radical (unpaired) electrons. The van der Waals surface area contributed by atoms with Gasteiger partial charge < -0.3 is 31.0 Å². The number of nitrogens with one attached hydrogen (secondary N) is 4. The molecule has 196 valence electrons. The van der Waals surface area contributed by atoms with Gasteiger partial charge in [-0.3, -0.25) is 4.79 Å². The zero-order valence-corrected chi connectivity index (χ0v) is 22.0. The minimum atomic E-state index is -0.0891. The minimum Gasteiger partial charge on any atom is -0.495 e. The number of methoxy groups -OCH3 is 1. The molecule has 0 unspecified atom stereocenters. The summed E-state index contributed by atoms with van der Waals surface area (Å²) >= 11 is 0. The SMILES string of the molecule is CCN/C(=C1\C(=N)CCc2cnc(Nc3ccc(C(=O)NC4CCN(C)CC4)cc3OC)nc21)C1CC1. The van der Waals surface area contributed by atoms with E-state index in [2.05, 4.69) is 39.8 Å². The Morgan fingerprint density at radius 2 is 1.97 bits per heavy atom. The number of allylic oxidation sites excluding steroid dienone is 2. The summed E-state index contributed by atoms with van der Waals surface area (Å²) in [5.41, 5.74) is 5.87. The number of fused-ring (bicyclic) bond motifs is 1.